The van der Waals surface area contributed by atoms with E-state index < -0.39 is 0 Å². The Morgan fingerprint density at radius 2 is 1.74 bits per heavy atom. The van der Waals surface area contributed by atoms with Gasteiger partial charge in [0.15, 0.2) is 0 Å². The van der Waals surface area contributed by atoms with Crippen LogP contribution in [0.3, 0.4) is 0 Å². The Kier molecular flexibility index (Phi) is 11.9. The van der Waals surface area contributed by atoms with Gasteiger partial charge in [-0.15, -0.1) is 0 Å². The number of carbonyl (C=O) groups excluding carboxylic acids is 2. The number of nitrogens with zero attached hydrogens (tertiary/aromatic N) is 4. The monoisotopic (exact) mass is 718 g/mol. The van der Waals surface area contributed by atoms with E-state index in [0.29, 0.717) is 32.0 Å². The van der Waals surface area contributed by atoms with Gasteiger partial charge in [0.1, 0.15) is 18.2 Å². The van der Waals surface area contributed by atoms with Crippen LogP contribution in [0.25, 0.3) is 33.2 Å². The fourth-order valence-electron chi connectivity index (χ4n) is 7.34. The van der Waals surface area contributed by atoms with E-state index in [2.05, 4.69) is 81.3 Å². The molecule has 0 saturated heterocycles. The van der Waals surface area contributed by atoms with E-state index in [9.17, 15) is 9.59 Å². The molecule has 9 heteroatoms. The minimum atomic E-state index is -0.0126. The molecule has 1 unspecified atom stereocenters. The zero-order chi connectivity index (χ0) is 37.8. The van der Waals surface area contributed by atoms with Crippen molar-refractivity contribution in [2.75, 3.05) is 18.9 Å². The van der Waals surface area contributed by atoms with Gasteiger partial charge >= 0.3 is 0 Å². The molecule has 2 amide bonds. The van der Waals surface area contributed by atoms with Crippen molar-refractivity contribution in [1.82, 2.24) is 19.8 Å². The van der Waals surface area contributed by atoms with Crippen LogP contribution < -0.4 is 10.1 Å². The molecule has 2 N–H and O–H groups in total. The van der Waals surface area contributed by atoms with Crippen LogP contribution in [-0.4, -0.2) is 63.5 Å². The third kappa shape index (κ3) is 7.99. The number of ether oxygens (including phenoxy) is 1. The Morgan fingerprint density at radius 1 is 0.981 bits per heavy atom. The maximum absolute atomic E-state index is 13.4. The number of imidazole rings is 1. The molecular weight excluding hydrogens is 661 g/mol. The van der Waals surface area contributed by atoms with E-state index in [1.165, 1.54) is 5.56 Å². The molecular formula is C44H58N6O3. The molecule has 4 aromatic rings. The number of aromatic amines is 1. The molecule has 282 valence electrons. The van der Waals surface area contributed by atoms with Crippen LogP contribution in [0.1, 0.15) is 116 Å². The molecule has 1 aromatic heterocycles. The summed E-state index contributed by atoms with van der Waals surface area (Å²) in [6, 6.07) is 15.5. The number of carbonyl (C=O) groups is 2. The number of fused-ring (bicyclic) bond motifs is 4. The first-order valence-corrected chi connectivity index (χ1v) is 19.9. The Hall–Kier alpha value is -4.66. The predicted molar refractivity (Wildman–Crippen MR) is 217 cm³/mol. The number of nitrogens with one attached hydrogen (secondary N) is 2. The lowest BCUT2D eigenvalue weighted by Gasteiger charge is -2.30. The third-order valence-corrected chi connectivity index (χ3v) is 11.3. The van der Waals surface area contributed by atoms with E-state index in [-0.39, 0.29) is 29.8 Å². The maximum Gasteiger partial charge on any atom is 0.226 e. The summed E-state index contributed by atoms with van der Waals surface area (Å²) in [6.45, 7) is 16.0. The first kappa shape index (κ1) is 38.1. The van der Waals surface area contributed by atoms with E-state index in [0.717, 1.165) is 100 Å². The lowest BCUT2D eigenvalue weighted by atomic mass is 9.92. The highest BCUT2D eigenvalue weighted by molar-refractivity contribution is 6.03. The van der Waals surface area contributed by atoms with Gasteiger partial charge in [0.2, 0.25) is 11.8 Å². The number of H-pyrrole nitrogens is 1. The lowest BCUT2D eigenvalue weighted by molar-refractivity contribution is -0.138. The standard InChI is InChI=1S/C44H58N6O3/c1-9-13-40(51)49(28(6)11-3)21-20-46-37-19-17-31-23-36-34-18-16-32(22-33(34)26-53-38(36)24-35(31)43(37)45-8)42-41(30-14-15-30)47-39(48-42)25-50(29(7)12-4)44(52)27(5)10-2/h16-20,22-24,27-30,45H,9-15,21,25-26H2,1-8H3,(H,47,48)/b46-20+/t27?,28-,29-/m0/s1. The highest BCUT2D eigenvalue weighted by atomic mass is 16.5. The first-order chi connectivity index (χ1) is 25.6. The molecule has 1 saturated carbocycles. The molecule has 2 heterocycles. The molecule has 6 rings (SSSR count). The largest absolute Gasteiger partial charge is 0.488 e. The number of hydrogen-bond donors (Lipinski definition) is 2. The Labute approximate surface area is 315 Å². The molecule has 1 aliphatic heterocycles. The van der Waals surface area contributed by atoms with Gasteiger partial charge in [0.25, 0.3) is 0 Å². The first-order valence-electron chi connectivity index (χ1n) is 19.9. The predicted octanol–water partition coefficient (Wildman–Crippen LogP) is 10.0. The van der Waals surface area contributed by atoms with Crippen LogP contribution in [0.4, 0.5) is 11.4 Å². The van der Waals surface area contributed by atoms with Gasteiger partial charge in [-0.1, -0.05) is 52.8 Å². The summed E-state index contributed by atoms with van der Waals surface area (Å²) in [4.78, 5) is 43.7. The van der Waals surface area contributed by atoms with Crippen molar-refractivity contribution in [3.05, 3.63) is 59.5 Å². The number of rotatable bonds is 16. The number of aliphatic imine (C=N–C) groups is 1. The zero-order valence-electron chi connectivity index (χ0n) is 33.0. The van der Waals surface area contributed by atoms with Crippen LogP contribution in [0.5, 0.6) is 5.75 Å². The van der Waals surface area contributed by atoms with Crippen molar-refractivity contribution in [2.45, 2.75) is 125 Å². The van der Waals surface area contributed by atoms with Crippen LogP contribution in [-0.2, 0) is 22.7 Å². The minimum absolute atomic E-state index is 0.0126. The summed E-state index contributed by atoms with van der Waals surface area (Å²) in [6.07, 6.45) is 8.16. The fourth-order valence-corrected chi connectivity index (χ4v) is 7.34. The second-order valence-corrected chi connectivity index (χ2v) is 15.1. The topological polar surface area (TPSA) is 103 Å². The number of benzene rings is 3. The Morgan fingerprint density at radius 3 is 2.42 bits per heavy atom. The van der Waals surface area contributed by atoms with Crippen molar-refractivity contribution in [2.24, 2.45) is 10.9 Å². The highest BCUT2D eigenvalue weighted by Gasteiger charge is 2.32. The molecule has 1 fully saturated rings. The van der Waals surface area contributed by atoms with E-state index >= 15 is 0 Å². The zero-order valence-corrected chi connectivity index (χ0v) is 33.0. The van der Waals surface area contributed by atoms with Gasteiger partial charge in [0.05, 0.1) is 35.9 Å². The molecule has 1 aliphatic carbocycles. The van der Waals surface area contributed by atoms with Crippen molar-refractivity contribution in [3.8, 4) is 28.1 Å². The molecule has 0 radical (unpaired) electrons. The van der Waals surface area contributed by atoms with E-state index in [1.54, 1.807) is 0 Å². The van der Waals surface area contributed by atoms with Gasteiger partial charge in [0, 0.05) is 60.1 Å². The van der Waals surface area contributed by atoms with E-state index in [4.69, 9.17) is 14.7 Å². The van der Waals surface area contributed by atoms with Gasteiger partial charge in [-0.25, -0.2) is 4.98 Å². The SMILES string of the molecule is CCCC(=O)N(C/C=N/c1ccc2cc3c(cc2c1NC)OCc1cc(-c2[nH]c(CN(C(=O)C(C)CC)[C@@H](C)CC)nc2C2CC2)ccc1-3)[C@@H](C)CC. The summed E-state index contributed by atoms with van der Waals surface area (Å²) in [5, 5.41) is 5.52. The normalized spacial score (nSPS) is 15.4. The van der Waals surface area contributed by atoms with Crippen molar-refractivity contribution in [3.63, 3.8) is 0 Å². The second-order valence-electron chi connectivity index (χ2n) is 15.1. The van der Waals surface area contributed by atoms with Gasteiger partial charge in [-0.05, 0) is 93.2 Å². The maximum atomic E-state index is 13.4. The number of anilines is 1. The van der Waals surface area contributed by atoms with Crippen molar-refractivity contribution >= 4 is 40.2 Å². The number of hydrogen-bond acceptors (Lipinski definition) is 6. The van der Waals surface area contributed by atoms with Crippen LogP contribution in [0.2, 0.25) is 0 Å². The second kappa shape index (κ2) is 16.6. The third-order valence-electron chi connectivity index (χ3n) is 11.3. The highest BCUT2D eigenvalue weighted by Crippen LogP contribution is 2.46. The molecule has 3 aromatic carbocycles. The molecule has 2 aliphatic rings. The van der Waals surface area contributed by atoms with Crippen molar-refractivity contribution < 1.29 is 14.3 Å². The Bertz CT molecular complexity index is 1980. The number of aromatic nitrogens is 2. The molecule has 53 heavy (non-hydrogen) atoms. The molecule has 3 atom stereocenters. The van der Waals surface area contributed by atoms with Crippen molar-refractivity contribution in [1.29, 1.82) is 0 Å². The van der Waals surface area contributed by atoms with Gasteiger partial charge in [-0.3, -0.25) is 14.6 Å². The van der Waals surface area contributed by atoms with Crippen LogP contribution in [0, 0.1) is 5.92 Å². The summed E-state index contributed by atoms with van der Waals surface area (Å²) < 4.78 is 6.45. The summed E-state index contributed by atoms with van der Waals surface area (Å²) in [5.74, 6) is 2.51. The minimum Gasteiger partial charge on any atom is -0.488 e. The number of amides is 2. The smallest absolute Gasteiger partial charge is 0.226 e. The quantitative estimate of drug-likeness (QED) is 0.112. The Balaban J connectivity index is 1.28. The van der Waals surface area contributed by atoms with E-state index in [1.807, 2.05) is 43.0 Å². The average molecular weight is 719 g/mol. The summed E-state index contributed by atoms with van der Waals surface area (Å²) in [7, 11) is 1.92. The summed E-state index contributed by atoms with van der Waals surface area (Å²) in [5.41, 5.74) is 8.41. The van der Waals surface area contributed by atoms with Gasteiger partial charge in [-0.2, -0.15) is 0 Å². The molecule has 0 bridgehead atoms. The fraction of sp³-hybridized carbons (Fsp3) is 0.500. The summed E-state index contributed by atoms with van der Waals surface area (Å²) >= 11 is 0. The molecule has 9 nitrogen and oxygen atoms in total. The average Bonchev–Trinajstić information content (AvgIpc) is 3.94. The van der Waals surface area contributed by atoms with Crippen LogP contribution >= 0.6 is 0 Å². The van der Waals surface area contributed by atoms with Crippen LogP contribution in [0.15, 0.2) is 47.5 Å². The molecule has 0 spiro atoms. The van der Waals surface area contributed by atoms with Gasteiger partial charge < -0.3 is 24.8 Å². The lowest BCUT2D eigenvalue weighted by Crippen LogP contribution is -2.41.